The fourth-order valence-electron chi connectivity index (χ4n) is 1.93. The minimum atomic E-state index is -3.61. The van der Waals surface area contributed by atoms with E-state index in [-0.39, 0.29) is 23.9 Å². The van der Waals surface area contributed by atoms with Crippen molar-refractivity contribution in [1.82, 2.24) is 4.72 Å². The lowest BCUT2D eigenvalue weighted by molar-refractivity contribution is -0.116. The van der Waals surface area contributed by atoms with Gasteiger partial charge in [-0.05, 0) is 36.1 Å². The first-order valence-corrected chi connectivity index (χ1v) is 9.49. The third-order valence-corrected chi connectivity index (χ3v) is 5.44. The molecule has 23 heavy (non-hydrogen) atoms. The Morgan fingerprint density at radius 2 is 2.04 bits per heavy atom. The molecule has 4 N–H and O–H groups in total. The van der Waals surface area contributed by atoms with Crippen LogP contribution in [0.25, 0.3) is 0 Å². The number of hydrogen-bond acceptors (Lipinski definition) is 5. The molecule has 0 saturated carbocycles. The van der Waals surface area contributed by atoms with Crippen LogP contribution in [0.2, 0.25) is 0 Å². The van der Waals surface area contributed by atoms with E-state index < -0.39 is 10.0 Å². The van der Waals surface area contributed by atoms with Gasteiger partial charge in [0.2, 0.25) is 15.9 Å². The van der Waals surface area contributed by atoms with Gasteiger partial charge in [-0.1, -0.05) is 12.1 Å². The number of aryl methyl sites for hydroxylation is 1. The topological polar surface area (TPSA) is 101 Å². The standard InChI is InChI=1S/C15H19N3O3S2/c16-8-9-17-23(20,21)14-5-1-3-12(11-14)18-15(19)7-6-13-4-2-10-22-13/h1-5,10-11,17H,6-9,16H2,(H,18,19). The predicted molar refractivity (Wildman–Crippen MR) is 92.0 cm³/mol. The summed E-state index contributed by atoms with van der Waals surface area (Å²) in [5.41, 5.74) is 5.76. The van der Waals surface area contributed by atoms with E-state index in [2.05, 4.69) is 10.0 Å². The number of carbonyl (C=O) groups is 1. The fraction of sp³-hybridized carbons (Fsp3) is 0.267. The molecule has 0 atom stereocenters. The van der Waals surface area contributed by atoms with Crippen LogP contribution in [0.4, 0.5) is 5.69 Å². The molecule has 1 aromatic carbocycles. The fourth-order valence-corrected chi connectivity index (χ4v) is 3.73. The largest absolute Gasteiger partial charge is 0.329 e. The Morgan fingerprint density at radius 3 is 2.74 bits per heavy atom. The quantitative estimate of drug-likeness (QED) is 0.670. The Balaban J connectivity index is 1.98. The third-order valence-electron chi connectivity index (χ3n) is 3.04. The third kappa shape index (κ3) is 5.43. The van der Waals surface area contributed by atoms with E-state index in [1.54, 1.807) is 23.5 Å². The van der Waals surface area contributed by atoms with Crippen LogP contribution in [-0.2, 0) is 21.2 Å². The SMILES string of the molecule is NCCNS(=O)(=O)c1cccc(NC(=O)CCc2cccs2)c1. The molecule has 0 spiro atoms. The van der Waals surface area contributed by atoms with Gasteiger partial charge in [-0.25, -0.2) is 13.1 Å². The lowest BCUT2D eigenvalue weighted by Crippen LogP contribution is -2.29. The average molecular weight is 353 g/mol. The first-order chi connectivity index (χ1) is 11.0. The number of rotatable bonds is 8. The molecule has 0 saturated heterocycles. The first-order valence-electron chi connectivity index (χ1n) is 7.13. The van der Waals surface area contributed by atoms with Crippen molar-refractivity contribution in [2.45, 2.75) is 17.7 Å². The number of hydrogen-bond donors (Lipinski definition) is 3. The molecule has 2 rings (SSSR count). The van der Waals surface area contributed by atoms with E-state index in [0.29, 0.717) is 18.5 Å². The van der Waals surface area contributed by atoms with Crippen LogP contribution in [0, 0.1) is 0 Å². The van der Waals surface area contributed by atoms with Gasteiger partial charge in [-0.15, -0.1) is 11.3 Å². The zero-order valence-electron chi connectivity index (χ0n) is 12.5. The molecule has 1 amide bonds. The normalized spacial score (nSPS) is 11.3. The number of anilines is 1. The smallest absolute Gasteiger partial charge is 0.240 e. The molecule has 0 bridgehead atoms. The highest BCUT2D eigenvalue weighted by molar-refractivity contribution is 7.89. The molecular weight excluding hydrogens is 334 g/mol. The van der Waals surface area contributed by atoms with Crippen LogP contribution in [-0.4, -0.2) is 27.4 Å². The zero-order valence-corrected chi connectivity index (χ0v) is 14.1. The number of nitrogens with one attached hydrogen (secondary N) is 2. The van der Waals surface area contributed by atoms with Crippen molar-refractivity contribution in [3.8, 4) is 0 Å². The Hall–Kier alpha value is -1.74. The number of sulfonamides is 1. The lowest BCUT2D eigenvalue weighted by Gasteiger charge is -2.09. The van der Waals surface area contributed by atoms with Gasteiger partial charge in [-0.3, -0.25) is 4.79 Å². The summed E-state index contributed by atoms with van der Waals surface area (Å²) in [6, 6.07) is 10.1. The predicted octanol–water partition coefficient (Wildman–Crippen LogP) is 1.56. The van der Waals surface area contributed by atoms with Gasteiger partial charge in [0.05, 0.1) is 4.90 Å². The molecule has 0 aliphatic heterocycles. The van der Waals surface area contributed by atoms with Crippen molar-refractivity contribution in [3.05, 3.63) is 46.7 Å². The van der Waals surface area contributed by atoms with E-state index in [0.717, 1.165) is 4.88 Å². The van der Waals surface area contributed by atoms with Gasteiger partial charge in [0.25, 0.3) is 0 Å². The number of benzene rings is 1. The monoisotopic (exact) mass is 353 g/mol. The van der Waals surface area contributed by atoms with Crippen LogP contribution in [0.15, 0.2) is 46.7 Å². The molecule has 8 heteroatoms. The highest BCUT2D eigenvalue weighted by atomic mass is 32.2. The molecule has 0 aliphatic rings. The van der Waals surface area contributed by atoms with Crippen LogP contribution in [0.5, 0.6) is 0 Å². The van der Waals surface area contributed by atoms with Crippen LogP contribution < -0.4 is 15.8 Å². The molecule has 1 heterocycles. The summed E-state index contributed by atoms with van der Waals surface area (Å²) in [5.74, 6) is -0.150. The van der Waals surface area contributed by atoms with Gasteiger partial charge in [-0.2, -0.15) is 0 Å². The highest BCUT2D eigenvalue weighted by Crippen LogP contribution is 2.16. The van der Waals surface area contributed by atoms with Crippen LogP contribution in [0.3, 0.4) is 0 Å². The molecule has 0 aliphatic carbocycles. The second-order valence-corrected chi connectivity index (χ2v) is 7.64. The summed E-state index contributed by atoms with van der Waals surface area (Å²) in [5, 5.41) is 4.69. The summed E-state index contributed by atoms with van der Waals surface area (Å²) in [4.78, 5) is 13.2. The molecule has 0 radical (unpaired) electrons. The van der Waals surface area contributed by atoms with Crippen molar-refractivity contribution >= 4 is 33.0 Å². The molecule has 124 valence electrons. The van der Waals surface area contributed by atoms with E-state index in [9.17, 15) is 13.2 Å². The summed E-state index contributed by atoms with van der Waals surface area (Å²) in [7, 11) is -3.61. The summed E-state index contributed by atoms with van der Waals surface area (Å²) < 4.78 is 26.4. The maximum absolute atomic E-state index is 12.0. The minimum Gasteiger partial charge on any atom is -0.329 e. The van der Waals surface area contributed by atoms with Gasteiger partial charge < -0.3 is 11.1 Å². The lowest BCUT2D eigenvalue weighted by atomic mass is 10.2. The number of amides is 1. The van der Waals surface area contributed by atoms with Gasteiger partial charge >= 0.3 is 0 Å². The van der Waals surface area contributed by atoms with Gasteiger partial charge in [0.15, 0.2) is 0 Å². The number of nitrogens with two attached hydrogens (primary N) is 1. The van der Waals surface area contributed by atoms with Crippen molar-refractivity contribution in [2.75, 3.05) is 18.4 Å². The molecule has 0 fully saturated rings. The van der Waals surface area contributed by atoms with Crippen molar-refractivity contribution in [3.63, 3.8) is 0 Å². The molecule has 2 aromatic rings. The Morgan fingerprint density at radius 1 is 1.22 bits per heavy atom. The van der Waals surface area contributed by atoms with Crippen LogP contribution >= 0.6 is 11.3 Å². The van der Waals surface area contributed by atoms with E-state index >= 15 is 0 Å². The number of thiophene rings is 1. The summed E-state index contributed by atoms with van der Waals surface area (Å²) in [6.07, 6.45) is 1.02. The zero-order chi connectivity index (χ0) is 16.7. The second kappa shape index (κ2) is 8.21. The van der Waals surface area contributed by atoms with Gasteiger partial charge in [0, 0.05) is 30.1 Å². The maximum Gasteiger partial charge on any atom is 0.240 e. The summed E-state index contributed by atoms with van der Waals surface area (Å²) >= 11 is 1.61. The van der Waals surface area contributed by atoms with E-state index in [1.165, 1.54) is 12.1 Å². The maximum atomic E-state index is 12.0. The van der Waals surface area contributed by atoms with Crippen LogP contribution in [0.1, 0.15) is 11.3 Å². The Kier molecular flexibility index (Phi) is 6.28. The Bertz CT molecular complexity index is 743. The second-order valence-electron chi connectivity index (χ2n) is 4.84. The molecule has 1 aromatic heterocycles. The average Bonchev–Trinajstić information content (AvgIpc) is 3.05. The summed E-state index contributed by atoms with van der Waals surface area (Å²) in [6.45, 7) is 0.387. The minimum absolute atomic E-state index is 0.0991. The Labute approximate surface area is 139 Å². The molecule has 6 nitrogen and oxygen atoms in total. The van der Waals surface area contributed by atoms with Crippen molar-refractivity contribution in [1.29, 1.82) is 0 Å². The number of carbonyl (C=O) groups excluding carboxylic acids is 1. The van der Waals surface area contributed by atoms with Crippen molar-refractivity contribution < 1.29 is 13.2 Å². The first kappa shape index (κ1) is 17.6. The highest BCUT2D eigenvalue weighted by Gasteiger charge is 2.14. The van der Waals surface area contributed by atoms with Crippen molar-refractivity contribution in [2.24, 2.45) is 5.73 Å². The van der Waals surface area contributed by atoms with E-state index in [1.807, 2.05) is 17.5 Å². The molecule has 0 unspecified atom stereocenters. The molecular formula is C15H19N3O3S2. The van der Waals surface area contributed by atoms with E-state index in [4.69, 9.17) is 5.73 Å². The van der Waals surface area contributed by atoms with Gasteiger partial charge in [0.1, 0.15) is 0 Å².